The molecule has 5 atom stereocenters. The van der Waals surface area contributed by atoms with E-state index in [1.807, 2.05) is 7.05 Å². The van der Waals surface area contributed by atoms with Gasteiger partial charge in [-0.05, 0) is 98.3 Å². The van der Waals surface area contributed by atoms with Gasteiger partial charge in [-0.2, -0.15) is 0 Å². The molecule has 3 fully saturated rings. The van der Waals surface area contributed by atoms with Crippen molar-refractivity contribution in [2.24, 2.45) is 29.1 Å². The second-order valence-electron chi connectivity index (χ2n) is 11.6. The number of hydrogen-bond donors (Lipinski definition) is 2. The van der Waals surface area contributed by atoms with E-state index >= 15 is 0 Å². The number of nitrogens with one attached hydrogen (secondary N) is 1. The number of aryl methyl sites for hydroxylation is 1. The standard InChI is InChI=1S/C29H43N3O2/c1-29-14-13-24-23-12-10-22(34-3)16-20(23)9-11-25(24)28(29)21(17-27(29)33)6-4-5-15-32(31-2)18-26(30)19-7-8-19/h10,12,16,18-19,21,24-25,28,31H,4-9,11,13-15,17,30H2,1-3H3/p+1/b26-18-/t21-,24-,25-,28+,29-/m1/s1. The molecule has 0 spiro atoms. The predicted octanol–water partition coefficient (Wildman–Crippen LogP) is 4.45. The number of unbranched alkanes of at least 4 members (excludes halogenated alkanes) is 1. The van der Waals surface area contributed by atoms with E-state index in [2.05, 4.69) is 47.5 Å². The van der Waals surface area contributed by atoms with Gasteiger partial charge in [-0.1, -0.05) is 19.4 Å². The molecule has 1 aromatic carbocycles. The van der Waals surface area contributed by atoms with Crippen molar-refractivity contribution in [2.45, 2.75) is 77.0 Å². The molecule has 34 heavy (non-hydrogen) atoms. The molecule has 5 heteroatoms. The van der Waals surface area contributed by atoms with Crippen LogP contribution in [0.15, 0.2) is 30.1 Å². The molecule has 3 saturated carbocycles. The highest BCUT2D eigenvalue weighted by molar-refractivity contribution is 5.87. The molecule has 0 saturated heterocycles. The van der Waals surface area contributed by atoms with E-state index in [4.69, 9.17) is 4.74 Å². The molecule has 186 valence electrons. The van der Waals surface area contributed by atoms with E-state index in [9.17, 15) is 4.79 Å². The molecule has 0 amide bonds. The van der Waals surface area contributed by atoms with Crippen molar-refractivity contribution in [1.29, 1.82) is 0 Å². The van der Waals surface area contributed by atoms with Crippen molar-refractivity contribution in [2.75, 3.05) is 20.7 Å². The van der Waals surface area contributed by atoms with E-state index in [0.29, 0.717) is 35.4 Å². The number of benzene rings is 1. The van der Waals surface area contributed by atoms with Crippen LogP contribution in [0.1, 0.15) is 81.8 Å². The van der Waals surface area contributed by atoms with Gasteiger partial charge >= 0.3 is 0 Å². The minimum Gasteiger partial charge on any atom is -0.497 e. The van der Waals surface area contributed by atoms with E-state index in [1.54, 1.807) is 7.11 Å². The Labute approximate surface area is 205 Å². The molecule has 0 aromatic heterocycles. The van der Waals surface area contributed by atoms with Crippen molar-refractivity contribution in [1.82, 2.24) is 10.4 Å². The summed E-state index contributed by atoms with van der Waals surface area (Å²) in [5.74, 6) is 4.60. The number of rotatable bonds is 9. The molecule has 4 aliphatic rings. The lowest BCUT2D eigenvalue weighted by Gasteiger charge is -2.50. The zero-order valence-corrected chi connectivity index (χ0v) is 21.4. The molecule has 0 bridgehead atoms. The van der Waals surface area contributed by atoms with Crippen LogP contribution in [0.25, 0.3) is 0 Å². The molecule has 0 unspecified atom stereocenters. The monoisotopic (exact) mass is 466 g/mol. The number of hydrazine groups is 1. The van der Waals surface area contributed by atoms with Crippen LogP contribution in [0.4, 0.5) is 0 Å². The zero-order valence-electron chi connectivity index (χ0n) is 21.4. The third kappa shape index (κ3) is 4.42. The number of quaternary nitrogens is 1. The largest absolute Gasteiger partial charge is 0.497 e. The van der Waals surface area contributed by atoms with Gasteiger partial charge in [-0.3, -0.25) is 4.79 Å². The maximum atomic E-state index is 13.3. The van der Waals surface area contributed by atoms with Crippen molar-refractivity contribution in [3.63, 3.8) is 0 Å². The average molecular weight is 467 g/mol. The van der Waals surface area contributed by atoms with Gasteiger partial charge in [-0.15, -0.1) is 0 Å². The van der Waals surface area contributed by atoms with Crippen LogP contribution < -0.4 is 15.9 Å². The number of allylic oxidation sites excluding steroid dienone is 1. The summed E-state index contributed by atoms with van der Waals surface area (Å²) < 4.78 is 5.49. The minimum atomic E-state index is -0.0946. The van der Waals surface area contributed by atoms with Gasteiger partial charge in [0, 0.05) is 31.3 Å². The number of nitrogens with zero attached hydrogens (tertiary/aromatic N) is 1. The summed E-state index contributed by atoms with van der Waals surface area (Å²) in [5, 5.41) is 2.20. The second kappa shape index (κ2) is 9.66. The smallest absolute Gasteiger partial charge is 0.139 e. The van der Waals surface area contributed by atoms with Gasteiger partial charge in [-0.25, -0.2) is 5.43 Å². The van der Waals surface area contributed by atoms with Crippen LogP contribution >= 0.6 is 0 Å². The van der Waals surface area contributed by atoms with Crippen molar-refractivity contribution in [3.8, 4) is 5.75 Å². The molecule has 0 aliphatic heterocycles. The molecular weight excluding hydrogens is 422 g/mol. The molecule has 4 aliphatic carbocycles. The first kappa shape index (κ1) is 23.9. The second-order valence-corrected chi connectivity index (χ2v) is 11.6. The van der Waals surface area contributed by atoms with Crippen LogP contribution in [0.2, 0.25) is 0 Å². The number of Topliss-reactive ketones (excluding diaryl/α,β-unsaturated/α-hetero) is 1. The lowest BCUT2D eigenvalue weighted by Crippen LogP contribution is -2.50. The molecule has 5 rings (SSSR count). The summed E-state index contributed by atoms with van der Waals surface area (Å²) in [7, 11) is 3.75. The number of carbonyl (C=O) groups excluding carboxylic acids is 1. The zero-order chi connectivity index (χ0) is 23.9. The van der Waals surface area contributed by atoms with Gasteiger partial charge in [0.25, 0.3) is 0 Å². The fourth-order valence-electron chi connectivity index (χ4n) is 7.70. The van der Waals surface area contributed by atoms with E-state index in [1.165, 1.54) is 48.9 Å². The summed E-state index contributed by atoms with van der Waals surface area (Å²) >= 11 is 0. The Morgan fingerprint density at radius 2 is 2.09 bits per heavy atom. The van der Waals surface area contributed by atoms with Gasteiger partial charge in [0.2, 0.25) is 0 Å². The summed E-state index contributed by atoms with van der Waals surface area (Å²) in [6.45, 7) is 3.31. The predicted molar refractivity (Wildman–Crippen MR) is 135 cm³/mol. The highest BCUT2D eigenvalue weighted by Crippen LogP contribution is 2.62. The topological polar surface area (TPSA) is 69.2 Å². The van der Waals surface area contributed by atoms with Crippen LogP contribution in [-0.2, 0) is 11.2 Å². The number of methoxy groups -OCH3 is 1. The van der Waals surface area contributed by atoms with Crippen LogP contribution in [0.3, 0.4) is 0 Å². The SMILES string of the molecule is CNN(/C=C(\[NH3+])C1CC1)CCCC[C@@H]1CC(=O)[C@@]2(C)CC[C@@H]3c4ccc(OC)cc4CC[C@H]3[C@H]12. The Morgan fingerprint density at radius 1 is 1.26 bits per heavy atom. The third-order valence-corrected chi connectivity index (χ3v) is 9.71. The van der Waals surface area contributed by atoms with E-state index in [0.717, 1.165) is 44.4 Å². The molecule has 4 N–H and O–H groups in total. The summed E-state index contributed by atoms with van der Waals surface area (Å²) in [5.41, 5.74) is 11.7. The maximum Gasteiger partial charge on any atom is 0.139 e. The maximum absolute atomic E-state index is 13.3. The van der Waals surface area contributed by atoms with Crippen molar-refractivity contribution >= 4 is 5.78 Å². The first-order valence-corrected chi connectivity index (χ1v) is 13.6. The Hall–Kier alpha value is -1.85. The summed E-state index contributed by atoms with van der Waals surface area (Å²) in [6, 6.07) is 6.70. The lowest BCUT2D eigenvalue weighted by atomic mass is 9.54. The van der Waals surface area contributed by atoms with E-state index < -0.39 is 0 Å². The Bertz CT molecular complexity index is 939. The van der Waals surface area contributed by atoms with Crippen molar-refractivity contribution in [3.05, 3.63) is 41.2 Å². The van der Waals surface area contributed by atoms with Crippen LogP contribution in [0.5, 0.6) is 5.75 Å². The Kier molecular flexibility index (Phi) is 6.78. The average Bonchev–Trinajstić information content (AvgIpc) is 3.66. The summed E-state index contributed by atoms with van der Waals surface area (Å²) in [6.07, 6.45) is 13.7. The van der Waals surface area contributed by atoms with Crippen LogP contribution in [-0.4, -0.2) is 31.5 Å². The highest BCUT2D eigenvalue weighted by Gasteiger charge is 2.58. The van der Waals surface area contributed by atoms with Gasteiger partial charge in [0.1, 0.15) is 17.2 Å². The Balaban J connectivity index is 1.24. The fraction of sp³-hybridized carbons (Fsp3) is 0.690. The van der Waals surface area contributed by atoms with E-state index in [-0.39, 0.29) is 5.41 Å². The Morgan fingerprint density at radius 3 is 2.82 bits per heavy atom. The first-order chi connectivity index (χ1) is 16.4. The third-order valence-electron chi connectivity index (χ3n) is 9.71. The highest BCUT2D eigenvalue weighted by atomic mass is 16.5. The lowest BCUT2D eigenvalue weighted by molar-refractivity contribution is -0.311. The normalized spacial score (nSPS) is 32.7. The molecule has 5 nitrogen and oxygen atoms in total. The molecule has 1 aromatic rings. The quantitative estimate of drug-likeness (QED) is 0.417. The molecular formula is C29H44N3O2+. The fourth-order valence-corrected chi connectivity index (χ4v) is 7.70. The molecule has 0 heterocycles. The van der Waals surface area contributed by atoms with Gasteiger partial charge in [0.15, 0.2) is 0 Å². The summed E-state index contributed by atoms with van der Waals surface area (Å²) in [4.78, 5) is 13.3. The van der Waals surface area contributed by atoms with Gasteiger partial charge in [0.05, 0.1) is 13.3 Å². The number of ketones is 1. The number of fused-ring (bicyclic) bond motifs is 5. The molecule has 0 radical (unpaired) electrons. The number of ether oxygens (including phenoxy) is 1. The van der Waals surface area contributed by atoms with Crippen molar-refractivity contribution < 1.29 is 15.3 Å². The number of hydrogen-bond acceptors (Lipinski definition) is 4. The minimum absolute atomic E-state index is 0.0946. The van der Waals surface area contributed by atoms with Crippen LogP contribution in [0, 0.1) is 29.1 Å². The first-order valence-electron chi connectivity index (χ1n) is 13.6. The number of carbonyl (C=O) groups is 1. The van der Waals surface area contributed by atoms with Gasteiger partial charge < -0.3 is 15.5 Å².